The van der Waals surface area contributed by atoms with Crippen LogP contribution in [0.2, 0.25) is 0 Å². The van der Waals surface area contributed by atoms with Gasteiger partial charge in [0.2, 0.25) is 0 Å². The maximum atomic E-state index is 9.57. The minimum atomic E-state index is 0.0146. The van der Waals surface area contributed by atoms with Gasteiger partial charge in [-0.3, -0.25) is 0 Å². The topological polar surface area (TPSA) is 29.5 Å². The molecule has 0 aliphatic carbocycles. The molecule has 2 nitrogen and oxygen atoms in total. The summed E-state index contributed by atoms with van der Waals surface area (Å²) in [6.45, 7) is 4.67. The largest absolute Gasteiger partial charge is 0.493 e. The maximum Gasteiger partial charge on any atom is 0.122 e. The monoisotopic (exact) mass is 256 g/mol. The minimum absolute atomic E-state index is 0.0146. The van der Waals surface area contributed by atoms with Gasteiger partial charge in [-0.2, -0.15) is 0 Å². The van der Waals surface area contributed by atoms with E-state index < -0.39 is 0 Å². The number of hydrogen-bond donors (Lipinski definition) is 1. The van der Waals surface area contributed by atoms with E-state index in [-0.39, 0.29) is 12.5 Å². The average Bonchev–Trinajstić information content (AvgIpc) is 2.43. The van der Waals surface area contributed by atoms with E-state index in [9.17, 15) is 5.11 Å². The van der Waals surface area contributed by atoms with Crippen molar-refractivity contribution in [2.75, 3.05) is 13.2 Å². The third kappa shape index (κ3) is 3.36. The lowest BCUT2D eigenvalue weighted by Crippen LogP contribution is -2.15. The van der Waals surface area contributed by atoms with Gasteiger partial charge in [-0.1, -0.05) is 42.5 Å². The van der Waals surface area contributed by atoms with Crippen molar-refractivity contribution < 1.29 is 9.84 Å². The van der Waals surface area contributed by atoms with Crippen LogP contribution in [0.3, 0.4) is 0 Å². The predicted octanol–water partition coefficient (Wildman–Crippen LogP) is 3.46. The summed E-state index contributed by atoms with van der Waals surface area (Å²) < 4.78 is 5.84. The van der Waals surface area contributed by atoms with E-state index in [4.69, 9.17) is 4.74 Å². The van der Waals surface area contributed by atoms with Gasteiger partial charge in [-0.25, -0.2) is 0 Å². The molecule has 0 saturated heterocycles. The lowest BCUT2D eigenvalue weighted by molar-refractivity contribution is 0.204. The van der Waals surface area contributed by atoms with Crippen molar-refractivity contribution in [2.24, 2.45) is 0 Å². The Morgan fingerprint density at radius 2 is 1.58 bits per heavy atom. The normalized spacial score (nSPS) is 12.2. The van der Waals surface area contributed by atoms with Gasteiger partial charge in [0, 0.05) is 5.92 Å². The summed E-state index contributed by atoms with van der Waals surface area (Å²) in [5, 5.41) is 9.57. The molecule has 2 aromatic carbocycles. The molecule has 19 heavy (non-hydrogen) atoms. The van der Waals surface area contributed by atoms with Crippen LogP contribution in [0.15, 0.2) is 48.5 Å². The van der Waals surface area contributed by atoms with Gasteiger partial charge < -0.3 is 9.84 Å². The Hall–Kier alpha value is -1.80. The molecule has 0 aliphatic heterocycles. The van der Waals surface area contributed by atoms with E-state index in [2.05, 4.69) is 19.1 Å². The number of aliphatic hydroxyl groups is 1. The Morgan fingerprint density at radius 3 is 2.21 bits per heavy atom. The van der Waals surface area contributed by atoms with Gasteiger partial charge in [-0.15, -0.1) is 0 Å². The Bertz CT molecular complexity index is 534. The molecule has 0 heterocycles. The molecule has 0 fully saturated rings. The van der Waals surface area contributed by atoms with Crippen LogP contribution in [0.4, 0.5) is 0 Å². The molecule has 0 aliphatic rings. The molecular weight excluding hydrogens is 236 g/mol. The molecule has 0 radical (unpaired) electrons. The van der Waals surface area contributed by atoms with Crippen LogP contribution >= 0.6 is 0 Å². The summed E-state index contributed by atoms with van der Waals surface area (Å²) in [4.78, 5) is 0. The first-order chi connectivity index (χ1) is 9.22. The SMILES string of the molecule is Cc1ccccc1OCC(CO)c1ccccc1C. The third-order valence-electron chi connectivity index (χ3n) is 3.38. The first-order valence-electron chi connectivity index (χ1n) is 6.57. The highest BCUT2D eigenvalue weighted by molar-refractivity contribution is 5.33. The van der Waals surface area contributed by atoms with E-state index in [1.54, 1.807) is 0 Å². The van der Waals surface area contributed by atoms with Crippen molar-refractivity contribution in [2.45, 2.75) is 19.8 Å². The molecule has 0 saturated carbocycles. The zero-order valence-electron chi connectivity index (χ0n) is 11.5. The van der Waals surface area contributed by atoms with Gasteiger partial charge in [0.05, 0.1) is 13.2 Å². The fraction of sp³-hybridized carbons (Fsp3) is 0.294. The van der Waals surface area contributed by atoms with Crippen LogP contribution < -0.4 is 4.74 Å². The lowest BCUT2D eigenvalue weighted by atomic mass is 9.96. The van der Waals surface area contributed by atoms with Crippen LogP contribution in [-0.2, 0) is 0 Å². The van der Waals surface area contributed by atoms with E-state index in [0.29, 0.717) is 6.61 Å². The van der Waals surface area contributed by atoms with Crippen molar-refractivity contribution in [1.29, 1.82) is 0 Å². The highest BCUT2D eigenvalue weighted by Gasteiger charge is 2.13. The van der Waals surface area contributed by atoms with E-state index in [0.717, 1.165) is 16.9 Å². The number of aliphatic hydroxyl groups excluding tert-OH is 1. The molecule has 0 bridgehead atoms. The van der Waals surface area contributed by atoms with Crippen molar-refractivity contribution in [3.05, 3.63) is 65.2 Å². The Kier molecular flexibility index (Phi) is 4.58. The number of benzene rings is 2. The van der Waals surface area contributed by atoms with Crippen LogP contribution in [0.25, 0.3) is 0 Å². The standard InChI is InChI=1S/C17H20O2/c1-13-7-3-5-9-16(13)15(11-18)12-19-17-10-6-4-8-14(17)2/h3-10,15,18H,11-12H2,1-2H3. The minimum Gasteiger partial charge on any atom is -0.493 e. The fourth-order valence-corrected chi connectivity index (χ4v) is 2.19. The van der Waals surface area contributed by atoms with Crippen molar-refractivity contribution in [3.8, 4) is 5.75 Å². The molecular formula is C17H20O2. The quantitative estimate of drug-likeness (QED) is 0.887. The molecule has 0 amide bonds. The Morgan fingerprint density at radius 1 is 0.947 bits per heavy atom. The van der Waals surface area contributed by atoms with Crippen LogP contribution in [0, 0.1) is 13.8 Å². The molecule has 2 heteroatoms. The second-order valence-corrected chi connectivity index (χ2v) is 4.81. The molecule has 1 N–H and O–H groups in total. The summed E-state index contributed by atoms with van der Waals surface area (Å²) in [5.41, 5.74) is 3.46. The first kappa shape index (κ1) is 13.6. The highest BCUT2D eigenvalue weighted by Crippen LogP contribution is 2.22. The second kappa shape index (κ2) is 6.39. The molecule has 1 unspecified atom stereocenters. The zero-order chi connectivity index (χ0) is 13.7. The van der Waals surface area contributed by atoms with E-state index in [1.807, 2.05) is 43.3 Å². The Labute approximate surface area is 114 Å². The van der Waals surface area contributed by atoms with Gasteiger partial charge >= 0.3 is 0 Å². The third-order valence-corrected chi connectivity index (χ3v) is 3.38. The molecule has 0 aromatic heterocycles. The van der Waals surface area contributed by atoms with Gasteiger partial charge in [0.1, 0.15) is 5.75 Å². The van der Waals surface area contributed by atoms with Crippen molar-refractivity contribution >= 4 is 0 Å². The van der Waals surface area contributed by atoms with Crippen LogP contribution in [0.5, 0.6) is 5.75 Å². The first-order valence-corrected chi connectivity index (χ1v) is 6.57. The fourth-order valence-electron chi connectivity index (χ4n) is 2.19. The molecule has 2 rings (SSSR count). The number of ether oxygens (including phenoxy) is 1. The number of hydrogen-bond acceptors (Lipinski definition) is 2. The Balaban J connectivity index is 2.09. The molecule has 2 aromatic rings. The number of rotatable bonds is 5. The number of aryl methyl sites for hydroxylation is 2. The second-order valence-electron chi connectivity index (χ2n) is 4.81. The average molecular weight is 256 g/mol. The molecule has 1 atom stereocenters. The van der Waals surface area contributed by atoms with Crippen LogP contribution in [0.1, 0.15) is 22.6 Å². The van der Waals surface area contributed by atoms with Gasteiger partial charge in [-0.05, 0) is 36.6 Å². The summed E-state index contributed by atoms with van der Waals surface area (Å²) >= 11 is 0. The summed E-state index contributed by atoms with van der Waals surface area (Å²) in [7, 11) is 0. The van der Waals surface area contributed by atoms with Gasteiger partial charge in [0.25, 0.3) is 0 Å². The maximum absolute atomic E-state index is 9.57. The smallest absolute Gasteiger partial charge is 0.122 e. The summed E-state index contributed by atoms with van der Waals surface area (Å²) in [5.74, 6) is 0.898. The summed E-state index contributed by atoms with van der Waals surface area (Å²) in [6, 6.07) is 16.1. The van der Waals surface area contributed by atoms with E-state index >= 15 is 0 Å². The number of para-hydroxylation sites is 1. The zero-order valence-corrected chi connectivity index (χ0v) is 11.5. The van der Waals surface area contributed by atoms with E-state index in [1.165, 1.54) is 5.56 Å². The van der Waals surface area contributed by atoms with Crippen LogP contribution in [-0.4, -0.2) is 18.3 Å². The summed E-state index contributed by atoms with van der Waals surface area (Å²) in [6.07, 6.45) is 0. The van der Waals surface area contributed by atoms with Crippen molar-refractivity contribution in [1.82, 2.24) is 0 Å². The molecule has 100 valence electrons. The van der Waals surface area contributed by atoms with Gasteiger partial charge in [0.15, 0.2) is 0 Å². The molecule has 0 spiro atoms. The predicted molar refractivity (Wildman–Crippen MR) is 77.7 cm³/mol. The van der Waals surface area contributed by atoms with Crippen molar-refractivity contribution in [3.63, 3.8) is 0 Å². The lowest BCUT2D eigenvalue weighted by Gasteiger charge is -2.18. The highest BCUT2D eigenvalue weighted by atomic mass is 16.5.